The van der Waals surface area contributed by atoms with Gasteiger partial charge in [0.25, 0.3) is 0 Å². The van der Waals surface area contributed by atoms with Crippen molar-refractivity contribution in [1.29, 1.82) is 0 Å². The van der Waals surface area contributed by atoms with E-state index in [1.54, 1.807) is 0 Å². The number of piperidine rings is 1. The van der Waals surface area contributed by atoms with Gasteiger partial charge >= 0.3 is 6.09 Å². The summed E-state index contributed by atoms with van der Waals surface area (Å²) in [4.78, 5) is 25.9. The highest BCUT2D eigenvalue weighted by Crippen LogP contribution is 2.27. The molecule has 1 aliphatic carbocycles. The molecule has 0 spiro atoms. The molecule has 1 heterocycles. The topological polar surface area (TPSA) is 58.6 Å². The van der Waals surface area contributed by atoms with Crippen LogP contribution in [0.5, 0.6) is 0 Å². The van der Waals surface area contributed by atoms with E-state index in [9.17, 15) is 9.59 Å². The molecule has 2 rings (SSSR count). The minimum absolute atomic E-state index is 0.0127. The van der Waals surface area contributed by atoms with E-state index in [0.29, 0.717) is 12.5 Å². The first-order chi connectivity index (χ1) is 9.60. The average molecular weight is 282 g/mol. The molecule has 20 heavy (non-hydrogen) atoms. The van der Waals surface area contributed by atoms with Crippen molar-refractivity contribution in [2.45, 2.75) is 51.5 Å². The van der Waals surface area contributed by atoms with Crippen LogP contribution in [0.25, 0.3) is 0 Å². The number of ether oxygens (including phenoxy) is 1. The average Bonchev–Trinajstić information content (AvgIpc) is 2.46. The molecule has 2 atom stereocenters. The lowest BCUT2D eigenvalue weighted by Gasteiger charge is -2.38. The quantitative estimate of drug-likeness (QED) is 0.844. The maximum absolute atomic E-state index is 12.6. The fraction of sp³-hybridized carbons (Fsp3) is 0.867. The molecule has 1 N–H and O–H groups in total. The number of nitrogens with zero attached hydrogens (tertiary/aromatic N) is 1. The van der Waals surface area contributed by atoms with Crippen molar-refractivity contribution < 1.29 is 14.3 Å². The van der Waals surface area contributed by atoms with E-state index in [1.165, 1.54) is 26.4 Å². The van der Waals surface area contributed by atoms with E-state index in [-0.39, 0.29) is 17.9 Å². The maximum Gasteiger partial charge on any atom is 0.407 e. The van der Waals surface area contributed by atoms with Gasteiger partial charge < -0.3 is 15.0 Å². The lowest BCUT2D eigenvalue weighted by atomic mass is 9.87. The summed E-state index contributed by atoms with van der Waals surface area (Å²) in [5.74, 6) is 0.902. The van der Waals surface area contributed by atoms with Crippen molar-refractivity contribution in [3.8, 4) is 0 Å². The Morgan fingerprint density at radius 3 is 2.50 bits per heavy atom. The highest BCUT2D eigenvalue weighted by molar-refractivity contribution is 5.79. The first kappa shape index (κ1) is 15.1. The van der Waals surface area contributed by atoms with Crippen LogP contribution in [-0.2, 0) is 9.53 Å². The van der Waals surface area contributed by atoms with Gasteiger partial charge in [0.2, 0.25) is 5.91 Å². The minimum atomic E-state index is -0.408. The number of rotatable bonds is 2. The van der Waals surface area contributed by atoms with Crippen molar-refractivity contribution >= 4 is 12.0 Å². The van der Waals surface area contributed by atoms with Crippen molar-refractivity contribution in [2.24, 2.45) is 11.8 Å². The van der Waals surface area contributed by atoms with Crippen molar-refractivity contribution in [2.75, 3.05) is 20.2 Å². The van der Waals surface area contributed by atoms with E-state index < -0.39 is 6.09 Å². The van der Waals surface area contributed by atoms with Crippen LogP contribution >= 0.6 is 0 Å². The van der Waals surface area contributed by atoms with Crippen LogP contribution in [0.1, 0.15) is 45.4 Å². The molecule has 5 nitrogen and oxygen atoms in total. The molecule has 1 saturated carbocycles. The Kier molecular flexibility index (Phi) is 5.26. The molecule has 1 aliphatic heterocycles. The van der Waals surface area contributed by atoms with Crippen LogP contribution in [-0.4, -0.2) is 43.1 Å². The molecular formula is C15H26N2O3. The molecule has 0 bridgehead atoms. The zero-order valence-electron chi connectivity index (χ0n) is 12.6. The summed E-state index contributed by atoms with van der Waals surface area (Å²) in [7, 11) is 1.37. The zero-order valence-corrected chi connectivity index (χ0v) is 12.6. The summed E-state index contributed by atoms with van der Waals surface area (Å²) in [6, 6.07) is 0.0127. The number of carbonyl (C=O) groups excluding carboxylic acids is 2. The lowest BCUT2D eigenvalue weighted by Crippen LogP contribution is -2.53. The summed E-state index contributed by atoms with van der Waals surface area (Å²) in [5.41, 5.74) is 0. The SMILES string of the molecule is COC(=O)NC1CC(C)CN(C(=O)C2CCCCC2)C1. The number of hydrogen-bond acceptors (Lipinski definition) is 3. The normalized spacial score (nSPS) is 28.0. The van der Waals surface area contributed by atoms with Crippen LogP contribution < -0.4 is 5.32 Å². The van der Waals surface area contributed by atoms with Gasteiger partial charge in [-0.1, -0.05) is 26.2 Å². The van der Waals surface area contributed by atoms with Gasteiger partial charge in [-0.3, -0.25) is 4.79 Å². The molecule has 114 valence electrons. The second kappa shape index (κ2) is 6.95. The maximum atomic E-state index is 12.6. The molecule has 0 aromatic heterocycles. The third-order valence-electron chi connectivity index (χ3n) is 4.43. The molecule has 2 amide bonds. The summed E-state index contributed by atoms with van der Waals surface area (Å²) >= 11 is 0. The van der Waals surface area contributed by atoms with Crippen LogP contribution in [0.2, 0.25) is 0 Å². The van der Waals surface area contributed by atoms with Crippen LogP contribution in [0, 0.1) is 11.8 Å². The Balaban J connectivity index is 1.92. The Morgan fingerprint density at radius 1 is 1.15 bits per heavy atom. The fourth-order valence-corrected chi connectivity index (χ4v) is 3.47. The van der Waals surface area contributed by atoms with Crippen molar-refractivity contribution in [1.82, 2.24) is 10.2 Å². The van der Waals surface area contributed by atoms with E-state index in [2.05, 4.69) is 17.0 Å². The van der Waals surface area contributed by atoms with Gasteiger partial charge in [0.1, 0.15) is 0 Å². The molecule has 2 fully saturated rings. The van der Waals surface area contributed by atoms with Crippen LogP contribution in [0.3, 0.4) is 0 Å². The zero-order chi connectivity index (χ0) is 14.5. The van der Waals surface area contributed by atoms with E-state index in [0.717, 1.165) is 25.8 Å². The molecule has 5 heteroatoms. The number of methoxy groups -OCH3 is 1. The van der Waals surface area contributed by atoms with Gasteiger partial charge in [-0.25, -0.2) is 4.79 Å². The first-order valence-corrected chi connectivity index (χ1v) is 7.73. The third-order valence-corrected chi connectivity index (χ3v) is 4.43. The highest BCUT2D eigenvalue weighted by Gasteiger charge is 2.32. The van der Waals surface area contributed by atoms with Crippen LogP contribution in [0.4, 0.5) is 4.79 Å². The van der Waals surface area contributed by atoms with Gasteiger partial charge in [0, 0.05) is 19.0 Å². The fourth-order valence-electron chi connectivity index (χ4n) is 3.47. The van der Waals surface area contributed by atoms with Gasteiger partial charge in [-0.15, -0.1) is 0 Å². The first-order valence-electron chi connectivity index (χ1n) is 7.73. The predicted octanol–water partition coefficient (Wildman–Crippen LogP) is 2.16. The third kappa shape index (κ3) is 3.87. The Morgan fingerprint density at radius 2 is 1.85 bits per heavy atom. The van der Waals surface area contributed by atoms with E-state index in [1.807, 2.05) is 4.90 Å². The van der Waals surface area contributed by atoms with Gasteiger partial charge in [-0.05, 0) is 25.2 Å². The molecule has 2 aliphatic rings. The molecule has 0 aromatic carbocycles. The van der Waals surface area contributed by atoms with E-state index >= 15 is 0 Å². The summed E-state index contributed by atoms with van der Waals surface area (Å²) in [6.07, 6.45) is 6.15. The number of alkyl carbamates (subject to hydrolysis) is 1. The van der Waals surface area contributed by atoms with Crippen LogP contribution in [0.15, 0.2) is 0 Å². The van der Waals surface area contributed by atoms with Gasteiger partial charge in [-0.2, -0.15) is 0 Å². The number of nitrogens with one attached hydrogen (secondary N) is 1. The highest BCUT2D eigenvalue weighted by atomic mass is 16.5. The smallest absolute Gasteiger partial charge is 0.407 e. The largest absolute Gasteiger partial charge is 0.453 e. The predicted molar refractivity (Wildman–Crippen MR) is 76.3 cm³/mol. The monoisotopic (exact) mass is 282 g/mol. The van der Waals surface area contributed by atoms with Gasteiger partial charge in [0.05, 0.1) is 13.2 Å². The number of carbonyl (C=O) groups is 2. The molecular weight excluding hydrogens is 256 g/mol. The summed E-state index contributed by atoms with van der Waals surface area (Å²) < 4.78 is 4.65. The Labute approximate surface area is 121 Å². The second-order valence-corrected chi connectivity index (χ2v) is 6.25. The lowest BCUT2D eigenvalue weighted by molar-refractivity contribution is -0.138. The summed E-state index contributed by atoms with van der Waals surface area (Å²) in [6.45, 7) is 3.57. The Hall–Kier alpha value is -1.26. The number of hydrogen-bond donors (Lipinski definition) is 1. The van der Waals surface area contributed by atoms with Gasteiger partial charge in [0.15, 0.2) is 0 Å². The van der Waals surface area contributed by atoms with Crippen molar-refractivity contribution in [3.63, 3.8) is 0 Å². The number of amides is 2. The standard InChI is InChI=1S/C15H26N2O3/c1-11-8-13(16-15(19)20-2)10-17(9-11)14(18)12-6-4-3-5-7-12/h11-13H,3-10H2,1-2H3,(H,16,19). The molecule has 0 radical (unpaired) electrons. The van der Waals surface area contributed by atoms with Crippen molar-refractivity contribution in [3.05, 3.63) is 0 Å². The molecule has 1 saturated heterocycles. The van der Waals surface area contributed by atoms with E-state index in [4.69, 9.17) is 0 Å². The number of likely N-dealkylation sites (tertiary alicyclic amines) is 1. The molecule has 2 unspecified atom stereocenters. The summed E-state index contributed by atoms with van der Waals surface area (Å²) in [5, 5.41) is 2.83. The molecule has 0 aromatic rings. The minimum Gasteiger partial charge on any atom is -0.453 e. The second-order valence-electron chi connectivity index (χ2n) is 6.25. The Bertz CT molecular complexity index is 353.